The standard InChI is InChI=1S/C17H23N3O4/c1-5-8-18-14(21)10-20-15(22)17(3,19-16(20)23)12-6-7-13(24-4)11(2)9-12/h6-7,9H,5,8,10H2,1-4H3,(H,18,21)(H,19,23). The van der Waals surface area contributed by atoms with Crippen molar-refractivity contribution in [1.82, 2.24) is 15.5 Å². The van der Waals surface area contributed by atoms with Gasteiger partial charge in [-0.3, -0.25) is 14.5 Å². The van der Waals surface area contributed by atoms with Gasteiger partial charge in [0, 0.05) is 6.54 Å². The highest BCUT2D eigenvalue weighted by molar-refractivity contribution is 6.09. The molecule has 2 N–H and O–H groups in total. The first-order valence-electron chi connectivity index (χ1n) is 7.89. The van der Waals surface area contributed by atoms with E-state index >= 15 is 0 Å². The van der Waals surface area contributed by atoms with Crippen LogP contribution in [0.4, 0.5) is 4.79 Å². The molecule has 1 aliphatic heterocycles. The molecule has 4 amide bonds. The molecule has 0 aromatic heterocycles. The van der Waals surface area contributed by atoms with Crippen LogP contribution in [0.1, 0.15) is 31.4 Å². The summed E-state index contributed by atoms with van der Waals surface area (Å²) in [5.74, 6) is -0.0888. The number of aryl methyl sites for hydroxylation is 1. The van der Waals surface area contributed by atoms with Crippen LogP contribution in [0.2, 0.25) is 0 Å². The molecular weight excluding hydrogens is 310 g/mol. The van der Waals surface area contributed by atoms with E-state index in [1.165, 1.54) is 0 Å². The Labute approximate surface area is 141 Å². The van der Waals surface area contributed by atoms with E-state index in [1.54, 1.807) is 32.2 Å². The summed E-state index contributed by atoms with van der Waals surface area (Å²) in [6.07, 6.45) is 0.786. The van der Waals surface area contributed by atoms with Gasteiger partial charge >= 0.3 is 6.03 Å². The summed E-state index contributed by atoms with van der Waals surface area (Å²) < 4.78 is 5.22. The van der Waals surface area contributed by atoms with Crippen LogP contribution in [-0.2, 0) is 15.1 Å². The van der Waals surface area contributed by atoms with Crippen LogP contribution in [0, 0.1) is 6.92 Å². The number of nitrogens with one attached hydrogen (secondary N) is 2. The van der Waals surface area contributed by atoms with Crippen molar-refractivity contribution in [3.05, 3.63) is 29.3 Å². The molecule has 1 saturated heterocycles. The Morgan fingerprint density at radius 1 is 1.38 bits per heavy atom. The van der Waals surface area contributed by atoms with Crippen LogP contribution in [0.3, 0.4) is 0 Å². The fourth-order valence-electron chi connectivity index (χ4n) is 2.69. The van der Waals surface area contributed by atoms with Gasteiger partial charge in [-0.2, -0.15) is 0 Å². The number of benzene rings is 1. The molecule has 1 aromatic rings. The molecular formula is C17H23N3O4. The lowest BCUT2D eigenvalue weighted by Gasteiger charge is -2.23. The minimum Gasteiger partial charge on any atom is -0.496 e. The third-order valence-electron chi connectivity index (χ3n) is 4.12. The Morgan fingerprint density at radius 3 is 2.67 bits per heavy atom. The maximum Gasteiger partial charge on any atom is 0.325 e. The normalized spacial score (nSPS) is 20.1. The van der Waals surface area contributed by atoms with Crippen LogP contribution < -0.4 is 15.4 Å². The van der Waals surface area contributed by atoms with Crippen molar-refractivity contribution < 1.29 is 19.1 Å². The summed E-state index contributed by atoms with van der Waals surface area (Å²) in [6.45, 7) is 5.66. The monoisotopic (exact) mass is 333 g/mol. The van der Waals surface area contributed by atoms with Crippen LogP contribution in [0.25, 0.3) is 0 Å². The van der Waals surface area contributed by atoms with Crippen LogP contribution in [-0.4, -0.2) is 42.9 Å². The van der Waals surface area contributed by atoms with Gasteiger partial charge < -0.3 is 15.4 Å². The lowest BCUT2D eigenvalue weighted by molar-refractivity contribution is -0.134. The third kappa shape index (κ3) is 3.20. The van der Waals surface area contributed by atoms with Crippen molar-refractivity contribution in [3.8, 4) is 5.75 Å². The van der Waals surface area contributed by atoms with Crippen LogP contribution >= 0.6 is 0 Å². The molecule has 1 aliphatic rings. The van der Waals surface area contributed by atoms with E-state index in [-0.39, 0.29) is 12.5 Å². The number of carbonyl (C=O) groups excluding carboxylic acids is 3. The van der Waals surface area contributed by atoms with Crippen molar-refractivity contribution in [2.75, 3.05) is 20.2 Å². The van der Waals surface area contributed by atoms with E-state index in [0.29, 0.717) is 17.9 Å². The molecule has 1 heterocycles. The summed E-state index contributed by atoms with van der Waals surface area (Å²) in [7, 11) is 1.57. The minimum atomic E-state index is -1.20. The fourth-order valence-corrected chi connectivity index (χ4v) is 2.69. The van der Waals surface area contributed by atoms with E-state index in [4.69, 9.17) is 4.74 Å². The van der Waals surface area contributed by atoms with E-state index in [2.05, 4.69) is 10.6 Å². The number of urea groups is 1. The summed E-state index contributed by atoms with van der Waals surface area (Å²) in [5, 5.41) is 5.35. The Balaban J connectivity index is 2.22. The zero-order chi connectivity index (χ0) is 17.9. The second-order valence-electron chi connectivity index (χ2n) is 5.98. The molecule has 0 bridgehead atoms. The van der Waals surface area contributed by atoms with Crippen molar-refractivity contribution in [2.24, 2.45) is 0 Å². The van der Waals surface area contributed by atoms with Gasteiger partial charge in [-0.15, -0.1) is 0 Å². The highest BCUT2D eigenvalue weighted by atomic mass is 16.5. The van der Waals surface area contributed by atoms with Crippen LogP contribution in [0.15, 0.2) is 18.2 Å². The number of nitrogens with zero attached hydrogens (tertiary/aromatic N) is 1. The van der Waals surface area contributed by atoms with Gasteiger partial charge in [-0.05, 0) is 43.5 Å². The molecule has 1 atom stereocenters. The topological polar surface area (TPSA) is 87.7 Å². The average molecular weight is 333 g/mol. The highest BCUT2D eigenvalue weighted by Crippen LogP contribution is 2.31. The molecule has 1 unspecified atom stereocenters. The number of hydrogen-bond acceptors (Lipinski definition) is 4. The quantitative estimate of drug-likeness (QED) is 0.768. The Bertz CT molecular complexity index is 674. The smallest absolute Gasteiger partial charge is 0.325 e. The van der Waals surface area contributed by atoms with Crippen LogP contribution in [0.5, 0.6) is 5.75 Å². The zero-order valence-electron chi connectivity index (χ0n) is 14.4. The van der Waals surface area contributed by atoms with Gasteiger partial charge in [0.05, 0.1) is 7.11 Å². The number of hydrogen-bond donors (Lipinski definition) is 2. The molecule has 24 heavy (non-hydrogen) atoms. The first kappa shape index (κ1) is 17.8. The molecule has 0 radical (unpaired) electrons. The molecule has 130 valence electrons. The van der Waals surface area contributed by atoms with E-state index < -0.39 is 17.5 Å². The maximum atomic E-state index is 12.7. The van der Waals surface area contributed by atoms with Crippen molar-refractivity contribution in [2.45, 2.75) is 32.7 Å². The van der Waals surface area contributed by atoms with E-state index in [1.807, 2.05) is 13.8 Å². The molecule has 0 aliphatic carbocycles. The summed E-state index contributed by atoms with van der Waals surface area (Å²) in [5.41, 5.74) is 0.312. The number of ether oxygens (including phenoxy) is 1. The van der Waals surface area contributed by atoms with Gasteiger partial charge in [0.15, 0.2) is 0 Å². The van der Waals surface area contributed by atoms with Crippen molar-refractivity contribution >= 4 is 17.8 Å². The number of carbonyl (C=O) groups is 3. The summed E-state index contributed by atoms with van der Waals surface area (Å²) in [6, 6.07) is 4.73. The van der Waals surface area contributed by atoms with E-state index in [9.17, 15) is 14.4 Å². The van der Waals surface area contributed by atoms with Gasteiger partial charge in [0.25, 0.3) is 5.91 Å². The Morgan fingerprint density at radius 2 is 2.08 bits per heavy atom. The van der Waals surface area contributed by atoms with Gasteiger partial charge in [-0.1, -0.05) is 13.0 Å². The molecule has 7 heteroatoms. The highest BCUT2D eigenvalue weighted by Gasteiger charge is 2.49. The maximum absolute atomic E-state index is 12.7. The SMILES string of the molecule is CCCNC(=O)CN1C(=O)NC(C)(c2ccc(OC)c(C)c2)C1=O. The first-order valence-corrected chi connectivity index (χ1v) is 7.89. The van der Waals surface area contributed by atoms with Gasteiger partial charge in [0.2, 0.25) is 5.91 Å². The average Bonchev–Trinajstić information content (AvgIpc) is 2.77. The predicted octanol–water partition coefficient (Wildman–Crippen LogP) is 1.30. The first-order chi connectivity index (χ1) is 11.3. The second-order valence-corrected chi connectivity index (χ2v) is 5.98. The summed E-state index contributed by atoms with van der Waals surface area (Å²) >= 11 is 0. The van der Waals surface area contributed by atoms with Crippen molar-refractivity contribution in [3.63, 3.8) is 0 Å². The molecule has 7 nitrogen and oxygen atoms in total. The molecule has 0 spiro atoms. The Hall–Kier alpha value is -2.57. The van der Waals surface area contributed by atoms with E-state index in [0.717, 1.165) is 16.9 Å². The van der Waals surface area contributed by atoms with Gasteiger partial charge in [-0.25, -0.2) is 4.79 Å². The lowest BCUT2D eigenvalue weighted by Crippen LogP contribution is -2.43. The molecule has 2 rings (SSSR count). The second kappa shape index (κ2) is 6.90. The molecule has 1 fully saturated rings. The predicted molar refractivity (Wildman–Crippen MR) is 88.6 cm³/mol. The number of methoxy groups -OCH3 is 1. The van der Waals surface area contributed by atoms with Crippen molar-refractivity contribution in [1.29, 1.82) is 0 Å². The number of amides is 4. The molecule has 0 saturated carbocycles. The molecule has 1 aromatic carbocycles. The number of imide groups is 1. The summed E-state index contributed by atoms with van der Waals surface area (Å²) in [4.78, 5) is 37.7. The fraction of sp³-hybridized carbons (Fsp3) is 0.471. The number of rotatable bonds is 6. The lowest BCUT2D eigenvalue weighted by atomic mass is 9.90. The zero-order valence-corrected chi connectivity index (χ0v) is 14.4. The van der Waals surface area contributed by atoms with Gasteiger partial charge in [0.1, 0.15) is 17.8 Å². The third-order valence-corrected chi connectivity index (χ3v) is 4.12. The minimum absolute atomic E-state index is 0.282. The Kier molecular flexibility index (Phi) is 5.11. The largest absolute Gasteiger partial charge is 0.496 e.